The molecule has 0 spiro atoms. The van der Waals surface area contributed by atoms with Crippen LogP contribution in [0.4, 0.5) is 5.69 Å². The molecule has 0 aromatic heterocycles. The van der Waals surface area contributed by atoms with Crippen LogP contribution < -0.4 is 14.4 Å². The van der Waals surface area contributed by atoms with Crippen molar-refractivity contribution in [3.8, 4) is 11.5 Å². The second kappa shape index (κ2) is 6.48. The molecule has 5 nitrogen and oxygen atoms in total. The molecule has 0 bridgehead atoms. The molecule has 1 aliphatic heterocycles. The largest absolute Gasteiger partial charge is 0.493 e. The van der Waals surface area contributed by atoms with Crippen molar-refractivity contribution in [2.45, 2.75) is 31.9 Å². The first-order chi connectivity index (χ1) is 11.5. The number of methoxy groups -OCH3 is 1. The highest BCUT2D eigenvalue weighted by Gasteiger charge is 2.41. The van der Waals surface area contributed by atoms with Crippen LogP contribution in [0.5, 0.6) is 11.5 Å². The molecule has 0 radical (unpaired) electrons. The fraction of sp³-hybridized carbons (Fsp3) is 0.526. The van der Waals surface area contributed by atoms with Gasteiger partial charge in [0.2, 0.25) is 0 Å². The van der Waals surface area contributed by atoms with Crippen LogP contribution in [0.15, 0.2) is 18.2 Å². The second-order valence-electron chi connectivity index (χ2n) is 6.76. The zero-order chi connectivity index (χ0) is 17.4. The lowest BCUT2D eigenvalue weighted by atomic mass is 9.84. The average Bonchev–Trinajstić information content (AvgIpc) is 2.92. The van der Waals surface area contributed by atoms with Crippen LogP contribution in [0.3, 0.4) is 0 Å². The van der Waals surface area contributed by atoms with Crippen molar-refractivity contribution in [3.05, 3.63) is 29.3 Å². The Labute approximate surface area is 143 Å². The Morgan fingerprint density at radius 2 is 2.08 bits per heavy atom. The highest BCUT2D eigenvalue weighted by Crippen LogP contribution is 2.51. The number of hydrogen-bond acceptors (Lipinski definition) is 5. The molecule has 2 unspecified atom stereocenters. The minimum atomic E-state index is -0.116. The van der Waals surface area contributed by atoms with Gasteiger partial charge in [0.15, 0.2) is 17.3 Å². The smallest absolute Gasteiger partial charge is 0.166 e. The van der Waals surface area contributed by atoms with Crippen LogP contribution in [0.1, 0.15) is 30.4 Å². The standard InChI is InChI=1S/C19H26N2O3/c1-6-21(4)11-14-15(20(2)3)10-17(23-5)19-18(14)13-8-7-12(22)9-16(13)24-19/h7-8,10,13,16H,6,9,11H2,1-5H3. The number of carbonyl (C=O) groups is 1. The van der Waals surface area contributed by atoms with Crippen molar-refractivity contribution in [3.63, 3.8) is 0 Å². The van der Waals surface area contributed by atoms with Crippen LogP contribution in [0.2, 0.25) is 0 Å². The molecule has 0 N–H and O–H groups in total. The van der Waals surface area contributed by atoms with Crippen molar-refractivity contribution in [2.24, 2.45) is 0 Å². The summed E-state index contributed by atoms with van der Waals surface area (Å²) in [4.78, 5) is 16.2. The third-order valence-electron chi connectivity index (χ3n) is 4.94. The minimum absolute atomic E-state index is 0.116. The number of anilines is 1. The van der Waals surface area contributed by atoms with Gasteiger partial charge in [-0.05, 0) is 25.2 Å². The Morgan fingerprint density at radius 3 is 2.71 bits per heavy atom. The van der Waals surface area contributed by atoms with E-state index in [0.717, 1.165) is 30.3 Å². The van der Waals surface area contributed by atoms with Gasteiger partial charge in [0.25, 0.3) is 0 Å². The van der Waals surface area contributed by atoms with E-state index in [9.17, 15) is 4.79 Å². The van der Waals surface area contributed by atoms with Crippen LogP contribution in [0.25, 0.3) is 0 Å². The first-order valence-corrected chi connectivity index (χ1v) is 8.43. The van der Waals surface area contributed by atoms with Crippen molar-refractivity contribution >= 4 is 11.5 Å². The lowest BCUT2D eigenvalue weighted by molar-refractivity contribution is -0.116. The number of allylic oxidation sites excluding steroid dienone is 1. The van der Waals surface area contributed by atoms with Gasteiger partial charge in [0.1, 0.15) is 6.10 Å². The Balaban J connectivity index is 2.18. The molecule has 1 aromatic rings. The summed E-state index contributed by atoms with van der Waals surface area (Å²) in [5.74, 6) is 1.79. The molecular weight excluding hydrogens is 304 g/mol. The van der Waals surface area contributed by atoms with E-state index in [4.69, 9.17) is 9.47 Å². The molecule has 1 aliphatic carbocycles. The van der Waals surface area contributed by atoms with E-state index < -0.39 is 0 Å². The molecule has 1 heterocycles. The summed E-state index contributed by atoms with van der Waals surface area (Å²) >= 11 is 0. The van der Waals surface area contributed by atoms with Gasteiger partial charge in [0.05, 0.1) is 7.11 Å². The number of benzene rings is 1. The zero-order valence-corrected chi connectivity index (χ0v) is 15.1. The Morgan fingerprint density at radius 1 is 1.33 bits per heavy atom. The van der Waals surface area contributed by atoms with Crippen molar-refractivity contribution in [1.82, 2.24) is 4.90 Å². The summed E-state index contributed by atoms with van der Waals surface area (Å²) < 4.78 is 11.8. The van der Waals surface area contributed by atoms with Gasteiger partial charge in [-0.25, -0.2) is 0 Å². The molecule has 130 valence electrons. The van der Waals surface area contributed by atoms with E-state index in [1.807, 2.05) is 26.2 Å². The molecule has 3 rings (SSSR count). The van der Waals surface area contributed by atoms with Gasteiger partial charge in [-0.2, -0.15) is 0 Å². The highest BCUT2D eigenvalue weighted by molar-refractivity contribution is 5.92. The van der Waals surface area contributed by atoms with E-state index in [1.165, 1.54) is 11.1 Å². The maximum absolute atomic E-state index is 11.8. The highest BCUT2D eigenvalue weighted by atomic mass is 16.5. The molecule has 0 saturated carbocycles. The number of nitrogens with zero attached hydrogens (tertiary/aromatic N) is 2. The van der Waals surface area contributed by atoms with Crippen LogP contribution in [-0.4, -0.2) is 51.6 Å². The van der Waals surface area contributed by atoms with Crippen molar-refractivity contribution in [2.75, 3.05) is 39.7 Å². The Kier molecular flexibility index (Phi) is 4.54. The fourth-order valence-corrected chi connectivity index (χ4v) is 3.53. The Hall–Kier alpha value is -2.01. The summed E-state index contributed by atoms with van der Waals surface area (Å²) in [5.41, 5.74) is 3.57. The zero-order valence-electron chi connectivity index (χ0n) is 15.1. The number of ketones is 1. The Bertz CT molecular complexity index is 682. The van der Waals surface area contributed by atoms with Gasteiger partial charge < -0.3 is 19.3 Å². The van der Waals surface area contributed by atoms with Gasteiger partial charge in [-0.1, -0.05) is 13.0 Å². The molecule has 2 atom stereocenters. The first kappa shape index (κ1) is 16.8. The van der Waals surface area contributed by atoms with Gasteiger partial charge >= 0.3 is 0 Å². The van der Waals surface area contributed by atoms with Crippen molar-refractivity contribution < 1.29 is 14.3 Å². The van der Waals surface area contributed by atoms with E-state index in [1.54, 1.807) is 13.2 Å². The molecule has 0 fully saturated rings. The lowest BCUT2D eigenvalue weighted by Gasteiger charge is -2.26. The number of rotatable bonds is 5. The molecule has 24 heavy (non-hydrogen) atoms. The maximum atomic E-state index is 11.8. The van der Waals surface area contributed by atoms with Gasteiger partial charge in [-0.3, -0.25) is 4.79 Å². The SMILES string of the molecule is CCN(C)Cc1c(N(C)C)cc(OC)c2c1C1C=CC(=O)CC1O2. The average molecular weight is 330 g/mol. The van der Waals surface area contributed by atoms with Gasteiger partial charge in [0, 0.05) is 50.3 Å². The maximum Gasteiger partial charge on any atom is 0.166 e. The normalized spacial score (nSPS) is 21.5. The van der Waals surface area contributed by atoms with E-state index in [-0.39, 0.29) is 17.8 Å². The van der Waals surface area contributed by atoms with Crippen molar-refractivity contribution in [1.29, 1.82) is 0 Å². The molecular formula is C19H26N2O3. The monoisotopic (exact) mass is 330 g/mol. The minimum Gasteiger partial charge on any atom is -0.493 e. The summed E-state index contributed by atoms with van der Waals surface area (Å²) in [6.07, 6.45) is 4.01. The van der Waals surface area contributed by atoms with Crippen LogP contribution in [0, 0.1) is 0 Å². The number of hydrogen-bond donors (Lipinski definition) is 0. The first-order valence-electron chi connectivity index (χ1n) is 8.43. The quantitative estimate of drug-likeness (QED) is 0.830. The topological polar surface area (TPSA) is 42.0 Å². The predicted octanol–water partition coefficient (Wildman–Crippen LogP) is 2.59. The fourth-order valence-electron chi connectivity index (χ4n) is 3.53. The van der Waals surface area contributed by atoms with E-state index >= 15 is 0 Å². The molecule has 0 saturated heterocycles. The number of carbonyl (C=O) groups excluding carboxylic acids is 1. The molecule has 5 heteroatoms. The summed E-state index contributed by atoms with van der Waals surface area (Å²) in [7, 11) is 7.87. The summed E-state index contributed by atoms with van der Waals surface area (Å²) in [5, 5.41) is 0. The predicted molar refractivity (Wildman–Crippen MR) is 95.3 cm³/mol. The number of fused-ring (bicyclic) bond motifs is 3. The molecule has 2 aliphatic rings. The summed E-state index contributed by atoms with van der Waals surface area (Å²) in [6, 6.07) is 2.04. The van der Waals surface area contributed by atoms with Crippen LogP contribution >= 0.6 is 0 Å². The number of ether oxygens (including phenoxy) is 2. The van der Waals surface area contributed by atoms with Gasteiger partial charge in [-0.15, -0.1) is 0 Å². The third-order valence-corrected chi connectivity index (χ3v) is 4.94. The van der Waals surface area contributed by atoms with Crippen LogP contribution in [-0.2, 0) is 11.3 Å². The second-order valence-corrected chi connectivity index (χ2v) is 6.76. The molecule has 0 amide bonds. The van der Waals surface area contributed by atoms with E-state index in [2.05, 4.69) is 23.8 Å². The lowest BCUT2D eigenvalue weighted by Crippen LogP contribution is -2.25. The molecule has 1 aromatic carbocycles. The van der Waals surface area contributed by atoms with E-state index in [0.29, 0.717) is 6.42 Å². The third kappa shape index (κ3) is 2.77. The summed E-state index contributed by atoms with van der Waals surface area (Å²) in [6.45, 7) is 3.96.